The summed E-state index contributed by atoms with van der Waals surface area (Å²) in [7, 11) is 1.39. The second-order valence-corrected chi connectivity index (χ2v) is 7.35. The smallest absolute Gasteiger partial charge is 0.433 e. The van der Waals surface area contributed by atoms with Gasteiger partial charge in [-0.25, -0.2) is 4.39 Å². The summed E-state index contributed by atoms with van der Waals surface area (Å²) in [6.45, 7) is -0.439. The van der Waals surface area contributed by atoms with Gasteiger partial charge < -0.3 is 4.74 Å². The van der Waals surface area contributed by atoms with Crippen molar-refractivity contribution in [3.05, 3.63) is 89.0 Å². The van der Waals surface area contributed by atoms with Gasteiger partial charge in [-0.2, -0.15) is 18.3 Å². The zero-order valence-electron chi connectivity index (χ0n) is 16.7. The van der Waals surface area contributed by atoms with Gasteiger partial charge in [-0.05, 0) is 42.0 Å². The first-order valence-corrected chi connectivity index (χ1v) is 9.83. The molecule has 2 heterocycles. The van der Waals surface area contributed by atoms with Crippen LogP contribution in [0.15, 0.2) is 66.9 Å². The first kappa shape index (κ1) is 21.8. The molecule has 32 heavy (non-hydrogen) atoms. The Bertz CT molecular complexity index is 1260. The highest BCUT2D eigenvalue weighted by Gasteiger charge is 2.36. The SMILES string of the molecule is COc1ccc(Cn2nc(-c3ccccn3)cc2C(F)(F)F)c(F)c1-c1cccc(Cl)c1. The maximum Gasteiger partial charge on any atom is 0.433 e. The minimum Gasteiger partial charge on any atom is -0.496 e. The van der Waals surface area contributed by atoms with Crippen molar-refractivity contribution in [2.75, 3.05) is 7.11 Å². The van der Waals surface area contributed by atoms with Crippen LogP contribution in [0.2, 0.25) is 5.02 Å². The van der Waals surface area contributed by atoms with Crippen molar-refractivity contribution in [1.82, 2.24) is 14.8 Å². The summed E-state index contributed by atoms with van der Waals surface area (Å²) >= 11 is 6.04. The van der Waals surface area contributed by atoms with Crippen molar-refractivity contribution >= 4 is 11.6 Å². The predicted octanol–water partition coefficient (Wildman–Crippen LogP) is 6.48. The molecular weight excluding hydrogens is 446 g/mol. The zero-order valence-corrected chi connectivity index (χ0v) is 17.5. The maximum atomic E-state index is 15.5. The number of methoxy groups -OCH3 is 1. The second-order valence-electron chi connectivity index (χ2n) is 6.91. The van der Waals surface area contributed by atoms with Crippen LogP contribution in [0.3, 0.4) is 0 Å². The molecule has 0 aliphatic carbocycles. The number of nitrogens with zero attached hydrogens (tertiary/aromatic N) is 3. The van der Waals surface area contributed by atoms with E-state index in [1.165, 1.54) is 25.4 Å². The molecule has 0 aliphatic heterocycles. The first-order chi connectivity index (χ1) is 15.3. The van der Waals surface area contributed by atoms with Gasteiger partial charge in [-0.1, -0.05) is 35.9 Å². The molecule has 0 amide bonds. The third kappa shape index (κ3) is 4.31. The lowest BCUT2D eigenvalue weighted by Crippen LogP contribution is -2.16. The normalized spacial score (nSPS) is 11.6. The third-order valence-electron chi connectivity index (χ3n) is 4.83. The molecule has 4 aromatic rings. The minimum atomic E-state index is -4.68. The van der Waals surface area contributed by atoms with E-state index in [-0.39, 0.29) is 28.3 Å². The van der Waals surface area contributed by atoms with E-state index >= 15 is 4.39 Å². The maximum absolute atomic E-state index is 15.5. The number of ether oxygens (including phenoxy) is 1. The number of pyridine rings is 1. The van der Waals surface area contributed by atoms with E-state index in [1.807, 2.05) is 0 Å². The van der Waals surface area contributed by atoms with E-state index < -0.39 is 24.2 Å². The lowest BCUT2D eigenvalue weighted by Gasteiger charge is -2.15. The molecule has 0 fully saturated rings. The average Bonchev–Trinajstić information content (AvgIpc) is 3.20. The quantitative estimate of drug-likeness (QED) is 0.319. The summed E-state index contributed by atoms with van der Waals surface area (Å²) < 4.78 is 62.6. The Morgan fingerprint density at radius 2 is 1.81 bits per heavy atom. The van der Waals surface area contributed by atoms with Crippen LogP contribution in [0.4, 0.5) is 17.6 Å². The summed E-state index contributed by atoms with van der Waals surface area (Å²) in [6, 6.07) is 15.1. The van der Waals surface area contributed by atoms with E-state index in [9.17, 15) is 13.2 Å². The van der Waals surface area contributed by atoms with Crippen LogP contribution in [0, 0.1) is 5.82 Å². The lowest BCUT2D eigenvalue weighted by atomic mass is 10.0. The van der Waals surface area contributed by atoms with Crippen molar-refractivity contribution in [1.29, 1.82) is 0 Å². The molecule has 0 aliphatic rings. The van der Waals surface area contributed by atoms with Gasteiger partial charge in [0.1, 0.15) is 23.0 Å². The summed E-state index contributed by atoms with van der Waals surface area (Å²) in [4.78, 5) is 4.05. The molecule has 0 N–H and O–H groups in total. The molecule has 4 nitrogen and oxygen atoms in total. The molecule has 0 spiro atoms. The molecule has 0 unspecified atom stereocenters. The Hall–Kier alpha value is -3.39. The number of aromatic nitrogens is 3. The van der Waals surface area contributed by atoms with Crippen molar-refractivity contribution < 1.29 is 22.3 Å². The van der Waals surface area contributed by atoms with Gasteiger partial charge >= 0.3 is 6.18 Å². The molecule has 0 atom stereocenters. The molecule has 2 aromatic heterocycles. The van der Waals surface area contributed by atoms with Crippen LogP contribution >= 0.6 is 11.6 Å². The highest BCUT2D eigenvalue weighted by molar-refractivity contribution is 6.30. The number of alkyl halides is 3. The van der Waals surface area contributed by atoms with E-state index in [1.54, 1.807) is 42.5 Å². The Morgan fingerprint density at radius 3 is 2.47 bits per heavy atom. The van der Waals surface area contributed by atoms with E-state index in [0.717, 1.165) is 10.7 Å². The van der Waals surface area contributed by atoms with Gasteiger partial charge in [-0.15, -0.1) is 0 Å². The zero-order chi connectivity index (χ0) is 22.9. The van der Waals surface area contributed by atoms with Gasteiger partial charge in [0, 0.05) is 16.8 Å². The van der Waals surface area contributed by atoms with Gasteiger partial charge in [0.05, 0.1) is 24.9 Å². The highest BCUT2D eigenvalue weighted by Crippen LogP contribution is 2.37. The Balaban J connectivity index is 1.81. The largest absolute Gasteiger partial charge is 0.496 e. The Labute approximate surface area is 186 Å². The lowest BCUT2D eigenvalue weighted by molar-refractivity contribution is -0.144. The Morgan fingerprint density at radius 1 is 1.00 bits per heavy atom. The average molecular weight is 462 g/mol. The Kier molecular flexibility index (Phi) is 5.88. The fraction of sp³-hybridized carbons (Fsp3) is 0.130. The number of hydrogen-bond acceptors (Lipinski definition) is 3. The predicted molar refractivity (Wildman–Crippen MR) is 113 cm³/mol. The van der Waals surface area contributed by atoms with E-state index in [0.29, 0.717) is 10.6 Å². The summed E-state index contributed by atoms with van der Waals surface area (Å²) in [5, 5.41) is 4.45. The fourth-order valence-corrected chi connectivity index (χ4v) is 3.56. The van der Waals surface area contributed by atoms with Crippen molar-refractivity contribution in [3.63, 3.8) is 0 Å². The number of benzene rings is 2. The van der Waals surface area contributed by atoms with Gasteiger partial charge in [0.25, 0.3) is 0 Å². The number of hydrogen-bond donors (Lipinski definition) is 0. The monoisotopic (exact) mass is 461 g/mol. The van der Waals surface area contributed by atoms with E-state index in [2.05, 4.69) is 10.1 Å². The molecule has 0 saturated carbocycles. The molecule has 164 valence electrons. The van der Waals surface area contributed by atoms with Crippen LogP contribution < -0.4 is 4.74 Å². The minimum absolute atomic E-state index is 0.0157. The van der Waals surface area contributed by atoms with Crippen LogP contribution in [-0.4, -0.2) is 21.9 Å². The summed E-state index contributed by atoms with van der Waals surface area (Å²) in [5.41, 5.74) is -0.106. The van der Waals surface area contributed by atoms with Crippen LogP contribution in [0.5, 0.6) is 5.75 Å². The van der Waals surface area contributed by atoms with Gasteiger partial charge in [0.15, 0.2) is 0 Å². The van der Waals surface area contributed by atoms with E-state index in [4.69, 9.17) is 16.3 Å². The molecule has 0 saturated heterocycles. The summed E-state index contributed by atoms with van der Waals surface area (Å²) in [6.07, 6.45) is -3.22. The summed E-state index contributed by atoms with van der Waals surface area (Å²) in [5.74, 6) is -0.478. The molecule has 4 rings (SSSR count). The highest BCUT2D eigenvalue weighted by atomic mass is 35.5. The van der Waals surface area contributed by atoms with Gasteiger partial charge in [0.2, 0.25) is 0 Å². The van der Waals surface area contributed by atoms with Crippen LogP contribution in [0.1, 0.15) is 11.3 Å². The van der Waals surface area contributed by atoms with Crippen LogP contribution in [-0.2, 0) is 12.7 Å². The van der Waals surface area contributed by atoms with Crippen molar-refractivity contribution in [2.24, 2.45) is 0 Å². The first-order valence-electron chi connectivity index (χ1n) is 9.45. The molecular formula is C23H16ClF4N3O. The standard InChI is InChI=1S/C23H16ClF4N3O/c1-32-19-9-8-15(22(25)21(19)14-5-4-6-16(24)11-14)13-31-20(23(26,27)28)12-18(30-31)17-7-2-3-10-29-17/h2-12H,13H2,1H3. The van der Waals surface area contributed by atoms with Gasteiger partial charge in [-0.3, -0.25) is 9.67 Å². The molecule has 0 radical (unpaired) electrons. The van der Waals surface area contributed by atoms with Crippen LogP contribution in [0.25, 0.3) is 22.5 Å². The topological polar surface area (TPSA) is 39.9 Å². The molecule has 9 heteroatoms. The van der Waals surface area contributed by atoms with Crippen molar-refractivity contribution in [2.45, 2.75) is 12.7 Å². The molecule has 0 bridgehead atoms. The molecule has 2 aromatic carbocycles. The third-order valence-corrected chi connectivity index (χ3v) is 5.07. The van der Waals surface area contributed by atoms with Crippen molar-refractivity contribution in [3.8, 4) is 28.3 Å². The second kappa shape index (κ2) is 8.63. The number of rotatable bonds is 5. The number of halogens is 5. The fourth-order valence-electron chi connectivity index (χ4n) is 3.37.